The zero-order chi connectivity index (χ0) is 19.0. The smallest absolute Gasteiger partial charge is 0.387 e. The number of H-pyrrole nitrogens is 1. The number of aromatic nitrogens is 2. The Morgan fingerprint density at radius 2 is 2.08 bits per heavy atom. The molecule has 15 heteroatoms. The van der Waals surface area contributed by atoms with E-state index in [0.29, 0.717) is 0 Å². The van der Waals surface area contributed by atoms with Gasteiger partial charge in [-0.2, -0.15) is 0 Å². The molecule has 0 spiro atoms. The fraction of sp³-hybridized carbons (Fsp3) is 0.600. The lowest BCUT2D eigenvalue weighted by Gasteiger charge is -2.20. The highest BCUT2D eigenvalue weighted by molar-refractivity contribution is 7.88. The van der Waals surface area contributed by atoms with Crippen LogP contribution < -0.4 is 16.0 Å². The third kappa shape index (κ3) is 5.29. The number of phosphoric ester groups is 1. The second-order valence-electron chi connectivity index (χ2n) is 5.28. The topological polar surface area (TPSA) is 197 Å². The monoisotopic (exact) mass is 401 g/mol. The lowest BCUT2D eigenvalue weighted by molar-refractivity contribution is -0.0526. The van der Waals surface area contributed by atoms with Crippen LogP contribution in [0.4, 0.5) is 0 Å². The van der Waals surface area contributed by atoms with Crippen molar-refractivity contribution >= 4 is 17.8 Å². The van der Waals surface area contributed by atoms with Crippen LogP contribution in [0.5, 0.6) is 0 Å². The SMILES string of the molecule is CS(=O)(=O)N[C@H]1[C@@H](O)[C@H](n2ccc(=O)[nH]c2=O)O[C@@H]1COP(=O)(O)O. The zero-order valence-electron chi connectivity index (χ0n) is 12.7. The molecule has 2 rings (SSSR count). The number of nitrogens with one attached hydrogen (secondary N) is 2. The molecule has 5 N–H and O–H groups in total. The van der Waals surface area contributed by atoms with E-state index in [0.717, 1.165) is 23.1 Å². The summed E-state index contributed by atoms with van der Waals surface area (Å²) in [6.07, 6.45) is -2.52. The van der Waals surface area contributed by atoms with Gasteiger partial charge in [-0.05, 0) is 0 Å². The Morgan fingerprint density at radius 3 is 2.60 bits per heavy atom. The zero-order valence-corrected chi connectivity index (χ0v) is 14.4. The minimum absolute atomic E-state index is 0.694. The van der Waals surface area contributed by atoms with Crippen molar-refractivity contribution < 1.29 is 37.1 Å². The summed E-state index contributed by atoms with van der Waals surface area (Å²) in [6.45, 7) is -0.761. The van der Waals surface area contributed by atoms with Gasteiger partial charge in [0.05, 0.1) is 18.9 Å². The van der Waals surface area contributed by atoms with Gasteiger partial charge in [-0.25, -0.2) is 22.5 Å². The molecule has 1 aromatic heterocycles. The van der Waals surface area contributed by atoms with E-state index in [-0.39, 0.29) is 0 Å². The summed E-state index contributed by atoms with van der Waals surface area (Å²) >= 11 is 0. The number of sulfonamides is 1. The van der Waals surface area contributed by atoms with Crippen molar-refractivity contribution in [3.63, 3.8) is 0 Å². The highest BCUT2D eigenvalue weighted by Gasteiger charge is 2.47. The lowest BCUT2D eigenvalue weighted by Crippen LogP contribution is -2.48. The van der Waals surface area contributed by atoms with Crippen molar-refractivity contribution in [1.29, 1.82) is 0 Å². The molecule has 1 fully saturated rings. The van der Waals surface area contributed by atoms with Gasteiger partial charge in [-0.3, -0.25) is 18.9 Å². The van der Waals surface area contributed by atoms with Crippen LogP contribution >= 0.6 is 7.82 Å². The van der Waals surface area contributed by atoms with Crippen molar-refractivity contribution in [2.45, 2.75) is 24.5 Å². The van der Waals surface area contributed by atoms with E-state index in [9.17, 15) is 27.7 Å². The Bertz CT molecular complexity index is 889. The number of aromatic amines is 1. The first-order chi connectivity index (χ1) is 11.4. The van der Waals surface area contributed by atoms with Crippen molar-refractivity contribution in [2.24, 2.45) is 0 Å². The molecular weight excluding hydrogens is 385 g/mol. The number of aliphatic hydroxyl groups is 1. The molecule has 0 bridgehead atoms. The van der Waals surface area contributed by atoms with Crippen LogP contribution in [-0.4, -0.2) is 64.0 Å². The van der Waals surface area contributed by atoms with Crippen molar-refractivity contribution in [3.05, 3.63) is 33.1 Å². The first kappa shape index (κ1) is 19.9. The van der Waals surface area contributed by atoms with E-state index in [1.807, 2.05) is 4.98 Å². The molecule has 142 valence electrons. The Hall–Kier alpha value is -1.38. The van der Waals surface area contributed by atoms with Crippen LogP contribution in [0.3, 0.4) is 0 Å². The van der Waals surface area contributed by atoms with E-state index in [1.54, 1.807) is 0 Å². The van der Waals surface area contributed by atoms with E-state index < -0.39 is 60.2 Å². The van der Waals surface area contributed by atoms with Gasteiger partial charge in [0, 0.05) is 12.3 Å². The molecule has 1 saturated heterocycles. The summed E-state index contributed by atoms with van der Waals surface area (Å²) in [5, 5.41) is 10.3. The fourth-order valence-electron chi connectivity index (χ4n) is 2.31. The maximum absolute atomic E-state index is 11.8. The van der Waals surface area contributed by atoms with E-state index in [2.05, 4.69) is 9.25 Å². The molecule has 13 nitrogen and oxygen atoms in total. The first-order valence-corrected chi connectivity index (χ1v) is 10.1. The Balaban J connectivity index is 2.33. The van der Waals surface area contributed by atoms with Crippen molar-refractivity contribution in [3.8, 4) is 0 Å². The third-order valence-electron chi connectivity index (χ3n) is 3.26. The summed E-state index contributed by atoms with van der Waals surface area (Å²) < 4.78 is 46.2. The predicted octanol–water partition coefficient (Wildman–Crippen LogP) is -3.18. The van der Waals surface area contributed by atoms with E-state index >= 15 is 0 Å². The molecule has 1 aliphatic rings. The van der Waals surface area contributed by atoms with Crippen LogP contribution in [0.25, 0.3) is 0 Å². The maximum atomic E-state index is 11.8. The number of nitrogens with zero attached hydrogens (tertiary/aromatic N) is 1. The largest absolute Gasteiger partial charge is 0.469 e. The number of hydrogen-bond donors (Lipinski definition) is 5. The van der Waals surface area contributed by atoms with Crippen LogP contribution in [0.2, 0.25) is 0 Å². The van der Waals surface area contributed by atoms with Crippen LogP contribution in [0.15, 0.2) is 21.9 Å². The number of ether oxygens (including phenoxy) is 1. The normalized spacial score (nSPS) is 27.5. The third-order valence-corrected chi connectivity index (χ3v) is 4.44. The molecule has 2 heterocycles. The molecule has 1 aromatic rings. The Morgan fingerprint density at radius 1 is 1.44 bits per heavy atom. The van der Waals surface area contributed by atoms with E-state index in [1.165, 1.54) is 0 Å². The van der Waals surface area contributed by atoms with Gasteiger partial charge in [0.15, 0.2) is 6.23 Å². The maximum Gasteiger partial charge on any atom is 0.469 e. The second-order valence-corrected chi connectivity index (χ2v) is 8.29. The summed E-state index contributed by atoms with van der Waals surface area (Å²) in [5.74, 6) is 0. The standard InChI is InChI=1S/C10H16N3O10PS/c1-25(20,21)12-7-5(4-22-24(17,18)19)23-9(8(7)15)13-3-2-6(14)11-10(13)16/h2-3,5,7-9,12,15H,4H2,1H3,(H,11,14,16)(H2,17,18,19)/t5-,7-,8-,9-/m1/s1. The van der Waals surface area contributed by atoms with Crippen LogP contribution in [0.1, 0.15) is 6.23 Å². The quantitative estimate of drug-likeness (QED) is 0.303. The molecule has 4 atom stereocenters. The number of aliphatic hydroxyl groups excluding tert-OH is 1. The Kier molecular flexibility index (Phi) is 5.65. The summed E-state index contributed by atoms with van der Waals surface area (Å²) in [6, 6.07) is -0.374. The first-order valence-electron chi connectivity index (χ1n) is 6.70. The average Bonchev–Trinajstić information content (AvgIpc) is 2.72. The summed E-state index contributed by atoms with van der Waals surface area (Å²) in [4.78, 5) is 42.4. The molecule has 0 saturated carbocycles. The molecule has 0 aromatic carbocycles. The number of hydrogen-bond acceptors (Lipinski definition) is 8. The van der Waals surface area contributed by atoms with Gasteiger partial charge < -0.3 is 19.6 Å². The van der Waals surface area contributed by atoms with E-state index in [4.69, 9.17) is 14.5 Å². The van der Waals surface area contributed by atoms with Crippen molar-refractivity contribution in [1.82, 2.24) is 14.3 Å². The van der Waals surface area contributed by atoms with Crippen LogP contribution in [0, 0.1) is 0 Å². The fourth-order valence-corrected chi connectivity index (χ4v) is 3.43. The number of phosphoric acid groups is 1. The molecule has 1 aliphatic heterocycles. The van der Waals surface area contributed by atoms with Gasteiger partial charge in [-0.15, -0.1) is 0 Å². The van der Waals surface area contributed by atoms with Gasteiger partial charge >= 0.3 is 13.5 Å². The summed E-state index contributed by atoms with van der Waals surface area (Å²) in [5.41, 5.74) is -1.62. The minimum atomic E-state index is -4.88. The highest BCUT2D eigenvalue weighted by atomic mass is 32.2. The molecule has 0 radical (unpaired) electrons. The molecule has 25 heavy (non-hydrogen) atoms. The van der Waals surface area contributed by atoms with Gasteiger partial charge in [0.2, 0.25) is 10.0 Å². The second kappa shape index (κ2) is 7.09. The van der Waals surface area contributed by atoms with Gasteiger partial charge in [0.25, 0.3) is 5.56 Å². The lowest BCUT2D eigenvalue weighted by atomic mass is 10.1. The van der Waals surface area contributed by atoms with Crippen LogP contribution in [-0.2, 0) is 23.8 Å². The molecule has 0 amide bonds. The molecule has 0 unspecified atom stereocenters. The van der Waals surface area contributed by atoms with Gasteiger partial charge in [0.1, 0.15) is 12.2 Å². The average molecular weight is 401 g/mol. The van der Waals surface area contributed by atoms with Gasteiger partial charge in [-0.1, -0.05) is 0 Å². The highest BCUT2D eigenvalue weighted by Crippen LogP contribution is 2.38. The van der Waals surface area contributed by atoms with Crippen molar-refractivity contribution in [2.75, 3.05) is 12.9 Å². The Labute approximate surface area is 140 Å². The number of rotatable bonds is 6. The molecular formula is C10H16N3O10PS. The predicted molar refractivity (Wildman–Crippen MR) is 81.0 cm³/mol. The molecule has 0 aliphatic carbocycles. The summed E-state index contributed by atoms with van der Waals surface area (Å²) in [7, 11) is -8.71. The minimum Gasteiger partial charge on any atom is -0.387 e.